The highest BCUT2D eigenvalue weighted by Crippen LogP contribution is 2.34. The molecule has 1 nitrogen and oxygen atoms in total. The predicted octanol–water partition coefficient (Wildman–Crippen LogP) is 2.22. The third-order valence-corrected chi connectivity index (χ3v) is 2.48. The first-order valence-electron chi connectivity index (χ1n) is 2.97. The molecule has 60 valence electrons. The normalized spacial score (nSPS) is 29.4. The van der Waals surface area contributed by atoms with Crippen molar-refractivity contribution in [3.63, 3.8) is 0 Å². The summed E-state index contributed by atoms with van der Waals surface area (Å²) in [5.41, 5.74) is 0. The Morgan fingerprint density at radius 3 is 2.20 bits per heavy atom. The van der Waals surface area contributed by atoms with Gasteiger partial charge < -0.3 is 0 Å². The van der Waals surface area contributed by atoms with Gasteiger partial charge >= 0.3 is 6.18 Å². The minimum absolute atomic E-state index is 0.157. The van der Waals surface area contributed by atoms with E-state index in [4.69, 9.17) is 0 Å². The van der Waals surface area contributed by atoms with E-state index in [2.05, 4.69) is 0 Å². The highest BCUT2D eigenvalue weighted by molar-refractivity contribution is 14.1. The molecule has 0 radical (unpaired) electrons. The van der Waals surface area contributed by atoms with Crippen LogP contribution in [0.1, 0.15) is 6.42 Å². The number of rotatable bonds is 0. The Morgan fingerprint density at radius 1 is 1.40 bits per heavy atom. The van der Waals surface area contributed by atoms with Crippen LogP contribution < -0.4 is 0 Å². The maximum absolute atomic E-state index is 11.9. The smallest absolute Gasteiger partial charge is 0.247 e. The van der Waals surface area contributed by atoms with Crippen LogP contribution in [0, 0.1) is 5.92 Å². The van der Waals surface area contributed by atoms with Gasteiger partial charge in [-0.15, -0.1) is 0 Å². The molecule has 10 heavy (non-hydrogen) atoms. The van der Waals surface area contributed by atoms with Crippen molar-refractivity contribution in [1.29, 1.82) is 0 Å². The van der Waals surface area contributed by atoms with Crippen LogP contribution >= 0.6 is 22.9 Å². The highest BCUT2D eigenvalue weighted by atomic mass is 127. The second kappa shape index (κ2) is 2.84. The fraction of sp³-hybridized carbons (Fsp3) is 1.00. The first-order valence-corrected chi connectivity index (χ1v) is 3.94. The lowest BCUT2D eigenvalue weighted by atomic mass is 10.1. The SMILES string of the molecule is FC(F)(F)[C@H]1CCN(I)C1. The molecule has 1 aliphatic rings. The van der Waals surface area contributed by atoms with E-state index in [1.54, 1.807) is 3.11 Å². The summed E-state index contributed by atoms with van der Waals surface area (Å²) in [4.78, 5) is 0. The fourth-order valence-electron chi connectivity index (χ4n) is 0.985. The van der Waals surface area contributed by atoms with Gasteiger partial charge in [-0.05, 0) is 6.42 Å². The number of hydrogen-bond acceptors (Lipinski definition) is 1. The molecule has 1 aliphatic heterocycles. The number of alkyl halides is 3. The van der Waals surface area contributed by atoms with Crippen LogP contribution in [-0.4, -0.2) is 22.4 Å². The largest absolute Gasteiger partial charge is 0.393 e. The second-order valence-corrected chi connectivity index (χ2v) is 3.76. The van der Waals surface area contributed by atoms with Crippen LogP contribution in [0.2, 0.25) is 0 Å². The zero-order chi connectivity index (χ0) is 7.78. The van der Waals surface area contributed by atoms with E-state index in [0.29, 0.717) is 6.54 Å². The van der Waals surface area contributed by atoms with Crippen LogP contribution in [0.4, 0.5) is 13.2 Å². The van der Waals surface area contributed by atoms with Gasteiger partial charge in [0.05, 0.1) is 5.92 Å². The molecule has 0 spiro atoms. The zero-order valence-corrected chi connectivity index (χ0v) is 7.32. The first kappa shape index (κ1) is 8.58. The van der Waals surface area contributed by atoms with Crippen molar-refractivity contribution in [3.8, 4) is 0 Å². The minimum atomic E-state index is -3.99. The molecule has 1 rings (SSSR count). The molecule has 1 heterocycles. The number of hydrogen-bond donors (Lipinski definition) is 0. The third kappa shape index (κ3) is 1.98. The molecule has 1 atom stereocenters. The molecule has 1 fully saturated rings. The lowest BCUT2D eigenvalue weighted by molar-refractivity contribution is -0.169. The summed E-state index contributed by atoms with van der Waals surface area (Å²) in [5.74, 6) is -1.09. The Balaban J connectivity index is 2.45. The molecular formula is C5H7F3IN. The zero-order valence-electron chi connectivity index (χ0n) is 5.16. The van der Waals surface area contributed by atoms with Gasteiger partial charge in [0.25, 0.3) is 0 Å². The van der Waals surface area contributed by atoms with Gasteiger partial charge in [0.15, 0.2) is 0 Å². The van der Waals surface area contributed by atoms with Crippen molar-refractivity contribution < 1.29 is 13.2 Å². The average Bonchev–Trinajstić information content (AvgIpc) is 2.11. The topological polar surface area (TPSA) is 3.24 Å². The van der Waals surface area contributed by atoms with Crippen LogP contribution in [-0.2, 0) is 0 Å². The minimum Gasteiger partial charge on any atom is -0.247 e. The number of halogens is 4. The van der Waals surface area contributed by atoms with Crippen molar-refractivity contribution in [3.05, 3.63) is 0 Å². The van der Waals surface area contributed by atoms with Crippen LogP contribution in [0.3, 0.4) is 0 Å². The summed E-state index contributed by atoms with van der Waals surface area (Å²) >= 11 is 1.92. The summed E-state index contributed by atoms with van der Waals surface area (Å²) < 4.78 is 37.4. The van der Waals surface area contributed by atoms with E-state index in [0.717, 1.165) is 0 Å². The van der Waals surface area contributed by atoms with E-state index in [-0.39, 0.29) is 13.0 Å². The standard InChI is InChI=1S/C5H7F3IN/c6-5(7,8)4-1-2-10(9)3-4/h4H,1-3H2/t4-/m0/s1. The summed E-state index contributed by atoms with van der Waals surface area (Å²) in [7, 11) is 0. The maximum atomic E-state index is 11.9. The quantitative estimate of drug-likeness (QED) is 0.479. The molecule has 0 bridgehead atoms. The van der Waals surface area contributed by atoms with Crippen molar-refractivity contribution in [2.45, 2.75) is 12.6 Å². The van der Waals surface area contributed by atoms with E-state index in [1.165, 1.54) is 0 Å². The van der Waals surface area contributed by atoms with E-state index in [1.807, 2.05) is 22.9 Å². The van der Waals surface area contributed by atoms with Gasteiger partial charge in [-0.3, -0.25) is 0 Å². The van der Waals surface area contributed by atoms with Crippen LogP contribution in [0.15, 0.2) is 0 Å². The van der Waals surface area contributed by atoms with Gasteiger partial charge in [0, 0.05) is 36.0 Å². The lowest BCUT2D eigenvalue weighted by Gasteiger charge is -2.12. The van der Waals surface area contributed by atoms with Gasteiger partial charge in [0.2, 0.25) is 0 Å². The monoisotopic (exact) mass is 265 g/mol. The van der Waals surface area contributed by atoms with Crippen molar-refractivity contribution >= 4 is 22.9 Å². The molecule has 5 heteroatoms. The number of nitrogens with zero attached hydrogens (tertiary/aromatic N) is 1. The molecule has 1 saturated heterocycles. The van der Waals surface area contributed by atoms with Crippen molar-refractivity contribution in [2.75, 3.05) is 13.1 Å². The molecule has 0 aromatic rings. The van der Waals surface area contributed by atoms with Crippen molar-refractivity contribution in [2.24, 2.45) is 5.92 Å². The maximum Gasteiger partial charge on any atom is 0.393 e. The predicted molar refractivity (Wildman–Crippen MR) is 39.8 cm³/mol. The average molecular weight is 265 g/mol. The Morgan fingerprint density at radius 2 is 2.00 bits per heavy atom. The molecule has 0 aliphatic carbocycles. The molecule has 0 aromatic heterocycles. The Hall–Kier alpha value is 0.480. The Labute approximate surface area is 71.1 Å². The van der Waals surface area contributed by atoms with E-state index < -0.39 is 12.1 Å². The second-order valence-electron chi connectivity index (χ2n) is 2.40. The molecule has 0 aromatic carbocycles. The summed E-state index contributed by atoms with van der Waals surface area (Å²) in [6.45, 7) is 0.717. The van der Waals surface area contributed by atoms with E-state index in [9.17, 15) is 13.2 Å². The van der Waals surface area contributed by atoms with Crippen LogP contribution in [0.5, 0.6) is 0 Å². The molecular weight excluding hydrogens is 258 g/mol. The van der Waals surface area contributed by atoms with Gasteiger partial charge in [-0.2, -0.15) is 13.2 Å². The molecule has 0 amide bonds. The molecule has 0 N–H and O–H groups in total. The third-order valence-electron chi connectivity index (χ3n) is 1.60. The summed E-state index contributed by atoms with van der Waals surface area (Å²) in [6.07, 6.45) is -3.73. The fourth-order valence-corrected chi connectivity index (χ4v) is 1.74. The Bertz CT molecular complexity index is 125. The van der Waals surface area contributed by atoms with Gasteiger partial charge in [0.1, 0.15) is 0 Å². The van der Waals surface area contributed by atoms with Crippen LogP contribution in [0.25, 0.3) is 0 Å². The van der Waals surface area contributed by atoms with E-state index >= 15 is 0 Å². The van der Waals surface area contributed by atoms with Gasteiger partial charge in [-0.25, -0.2) is 3.11 Å². The first-order chi connectivity index (χ1) is 4.50. The lowest BCUT2D eigenvalue weighted by Crippen LogP contribution is -2.24. The van der Waals surface area contributed by atoms with Crippen molar-refractivity contribution in [1.82, 2.24) is 3.11 Å². The highest BCUT2D eigenvalue weighted by Gasteiger charge is 2.42. The van der Waals surface area contributed by atoms with Gasteiger partial charge in [-0.1, -0.05) is 0 Å². The molecule has 0 unspecified atom stereocenters. The summed E-state index contributed by atoms with van der Waals surface area (Å²) in [6, 6.07) is 0. The molecule has 0 saturated carbocycles. The Kier molecular flexibility index (Phi) is 2.44. The summed E-state index contributed by atoms with van der Waals surface area (Å²) in [5, 5.41) is 0.